The summed E-state index contributed by atoms with van der Waals surface area (Å²) in [6.07, 6.45) is 2.24. The third-order valence-corrected chi connectivity index (χ3v) is 6.11. The molecule has 1 amide bonds. The van der Waals surface area contributed by atoms with Crippen LogP contribution in [0.1, 0.15) is 23.2 Å². The van der Waals surface area contributed by atoms with Gasteiger partial charge in [-0.25, -0.2) is 8.42 Å². The van der Waals surface area contributed by atoms with Crippen LogP contribution in [-0.4, -0.2) is 50.9 Å². The molecule has 0 unspecified atom stereocenters. The van der Waals surface area contributed by atoms with Gasteiger partial charge in [-0.2, -0.15) is 0 Å². The molecule has 0 spiro atoms. The number of hydrogen-bond donors (Lipinski definition) is 0. The highest BCUT2D eigenvalue weighted by Gasteiger charge is 2.29. The maximum Gasteiger partial charge on any atom is 0.255 e. The molecule has 1 aliphatic heterocycles. The van der Waals surface area contributed by atoms with Crippen LogP contribution in [0.2, 0.25) is 0 Å². The minimum absolute atomic E-state index is 0.104. The highest BCUT2D eigenvalue weighted by molar-refractivity contribution is 9.10. The van der Waals surface area contributed by atoms with Gasteiger partial charge in [0.1, 0.15) is 15.6 Å². The van der Waals surface area contributed by atoms with Gasteiger partial charge in [-0.3, -0.25) is 4.79 Å². The van der Waals surface area contributed by atoms with Crippen molar-refractivity contribution in [3.05, 3.63) is 28.2 Å². The second-order valence-electron chi connectivity index (χ2n) is 5.17. The fourth-order valence-corrected chi connectivity index (χ4v) is 3.94. The largest absolute Gasteiger partial charge is 0.497 e. The SMILES string of the molecule is COc1ccc(Br)c(C(=O)N2CCC(S(C)(=O)=O)CC2)c1. The van der Waals surface area contributed by atoms with E-state index in [0.717, 1.165) is 0 Å². The highest BCUT2D eigenvalue weighted by atomic mass is 79.9. The first-order chi connectivity index (χ1) is 9.82. The van der Waals surface area contributed by atoms with Crippen molar-refractivity contribution in [2.75, 3.05) is 26.5 Å². The standard InChI is InChI=1S/C14H18BrNO4S/c1-20-10-3-4-13(15)12(9-10)14(17)16-7-5-11(6-8-16)21(2,18)19/h3-4,9,11H,5-8H2,1-2H3. The quantitative estimate of drug-likeness (QED) is 0.811. The Morgan fingerprint density at radius 1 is 1.33 bits per heavy atom. The molecule has 1 aromatic carbocycles. The van der Waals surface area contributed by atoms with Gasteiger partial charge in [0.05, 0.1) is 17.9 Å². The smallest absolute Gasteiger partial charge is 0.255 e. The average molecular weight is 376 g/mol. The number of methoxy groups -OCH3 is 1. The van der Waals surface area contributed by atoms with Crippen molar-refractivity contribution in [2.24, 2.45) is 0 Å². The Morgan fingerprint density at radius 3 is 2.48 bits per heavy atom. The average Bonchev–Trinajstić information content (AvgIpc) is 2.46. The summed E-state index contributed by atoms with van der Waals surface area (Å²) in [5.74, 6) is 0.514. The lowest BCUT2D eigenvalue weighted by Gasteiger charge is -2.31. The lowest BCUT2D eigenvalue weighted by atomic mass is 10.1. The molecule has 1 saturated heterocycles. The van der Waals surface area contributed by atoms with Crippen molar-refractivity contribution in [2.45, 2.75) is 18.1 Å². The topological polar surface area (TPSA) is 63.7 Å². The van der Waals surface area contributed by atoms with Gasteiger partial charge in [0.25, 0.3) is 5.91 Å². The van der Waals surface area contributed by atoms with Crippen molar-refractivity contribution in [3.63, 3.8) is 0 Å². The predicted octanol–water partition coefficient (Wildman–Crippen LogP) is 2.11. The van der Waals surface area contributed by atoms with Gasteiger partial charge < -0.3 is 9.64 Å². The molecule has 0 bridgehead atoms. The molecular formula is C14H18BrNO4S. The zero-order valence-electron chi connectivity index (χ0n) is 12.0. The zero-order chi connectivity index (χ0) is 15.6. The predicted molar refractivity (Wildman–Crippen MR) is 84.5 cm³/mol. The number of benzene rings is 1. The van der Waals surface area contributed by atoms with Gasteiger partial charge in [-0.05, 0) is 47.0 Å². The summed E-state index contributed by atoms with van der Waals surface area (Å²) in [4.78, 5) is 14.2. The second-order valence-corrected chi connectivity index (χ2v) is 8.35. The molecule has 1 fully saturated rings. The van der Waals surface area contributed by atoms with E-state index in [0.29, 0.717) is 41.7 Å². The normalized spacial score (nSPS) is 16.8. The van der Waals surface area contributed by atoms with E-state index in [2.05, 4.69) is 15.9 Å². The number of sulfone groups is 1. The number of carbonyl (C=O) groups is 1. The monoisotopic (exact) mass is 375 g/mol. The molecular weight excluding hydrogens is 358 g/mol. The number of ether oxygens (including phenoxy) is 1. The van der Waals surface area contributed by atoms with Gasteiger partial charge in [0.15, 0.2) is 0 Å². The third-order valence-electron chi connectivity index (χ3n) is 3.74. The summed E-state index contributed by atoms with van der Waals surface area (Å²) in [6, 6.07) is 5.24. The summed E-state index contributed by atoms with van der Waals surface area (Å²) in [7, 11) is -1.48. The van der Waals surface area contributed by atoms with E-state index in [-0.39, 0.29) is 11.2 Å². The number of hydrogen-bond acceptors (Lipinski definition) is 4. The van der Waals surface area contributed by atoms with Crippen LogP contribution in [0.25, 0.3) is 0 Å². The molecule has 0 aromatic heterocycles. The molecule has 0 saturated carbocycles. The molecule has 1 aliphatic rings. The van der Waals surface area contributed by atoms with Crippen LogP contribution >= 0.6 is 15.9 Å². The molecule has 0 atom stereocenters. The fourth-order valence-electron chi connectivity index (χ4n) is 2.45. The maximum atomic E-state index is 12.5. The minimum atomic E-state index is -3.03. The van der Waals surface area contributed by atoms with Crippen molar-refractivity contribution >= 4 is 31.7 Å². The zero-order valence-corrected chi connectivity index (χ0v) is 14.4. The van der Waals surface area contributed by atoms with Crippen molar-refractivity contribution in [1.82, 2.24) is 4.90 Å². The molecule has 1 aromatic rings. The fraction of sp³-hybridized carbons (Fsp3) is 0.500. The number of nitrogens with zero attached hydrogens (tertiary/aromatic N) is 1. The number of piperidine rings is 1. The van der Waals surface area contributed by atoms with Crippen LogP contribution in [0.4, 0.5) is 0 Å². The van der Waals surface area contributed by atoms with Crippen LogP contribution in [-0.2, 0) is 9.84 Å². The van der Waals surface area contributed by atoms with E-state index in [1.807, 2.05) is 0 Å². The Labute approximate surface area is 133 Å². The van der Waals surface area contributed by atoms with Gasteiger partial charge in [-0.15, -0.1) is 0 Å². The Balaban J connectivity index is 2.12. The van der Waals surface area contributed by atoms with Crippen molar-refractivity contribution < 1.29 is 17.9 Å². The number of halogens is 1. The maximum absolute atomic E-state index is 12.5. The summed E-state index contributed by atoms with van der Waals surface area (Å²) in [6.45, 7) is 0.917. The lowest BCUT2D eigenvalue weighted by molar-refractivity contribution is 0.0724. The molecule has 0 radical (unpaired) electrons. The molecule has 5 nitrogen and oxygen atoms in total. The third kappa shape index (κ3) is 3.77. The Bertz CT molecular complexity index is 636. The van der Waals surface area contributed by atoms with Gasteiger partial charge in [0.2, 0.25) is 0 Å². The van der Waals surface area contributed by atoms with Crippen LogP contribution in [0.5, 0.6) is 5.75 Å². The Kier molecular flexibility index (Phi) is 4.93. The van der Waals surface area contributed by atoms with E-state index < -0.39 is 9.84 Å². The van der Waals surface area contributed by atoms with E-state index in [1.54, 1.807) is 30.2 Å². The Hall–Kier alpha value is -1.08. The van der Waals surface area contributed by atoms with Gasteiger partial charge in [0, 0.05) is 23.8 Å². The van der Waals surface area contributed by atoms with E-state index >= 15 is 0 Å². The minimum Gasteiger partial charge on any atom is -0.497 e. The molecule has 2 rings (SSSR count). The van der Waals surface area contributed by atoms with Crippen molar-refractivity contribution in [3.8, 4) is 5.75 Å². The molecule has 1 heterocycles. The summed E-state index contributed by atoms with van der Waals surface area (Å²) < 4.78 is 28.9. The number of likely N-dealkylation sites (tertiary alicyclic amines) is 1. The molecule has 116 valence electrons. The second kappa shape index (κ2) is 6.36. The van der Waals surface area contributed by atoms with Crippen LogP contribution < -0.4 is 4.74 Å². The summed E-state index contributed by atoms with van der Waals surface area (Å²) in [5, 5.41) is -0.338. The molecule has 7 heteroatoms. The van der Waals surface area contributed by atoms with Crippen LogP contribution in [0.3, 0.4) is 0 Å². The van der Waals surface area contributed by atoms with E-state index in [1.165, 1.54) is 6.26 Å². The first-order valence-electron chi connectivity index (χ1n) is 6.64. The van der Waals surface area contributed by atoms with Crippen LogP contribution in [0.15, 0.2) is 22.7 Å². The lowest BCUT2D eigenvalue weighted by Crippen LogP contribution is -2.42. The molecule has 0 aliphatic carbocycles. The molecule has 21 heavy (non-hydrogen) atoms. The van der Waals surface area contributed by atoms with Gasteiger partial charge >= 0.3 is 0 Å². The first-order valence-corrected chi connectivity index (χ1v) is 9.39. The number of carbonyl (C=O) groups excluding carboxylic acids is 1. The first kappa shape index (κ1) is 16.3. The van der Waals surface area contributed by atoms with Crippen LogP contribution in [0, 0.1) is 0 Å². The Morgan fingerprint density at radius 2 is 1.95 bits per heavy atom. The highest BCUT2D eigenvalue weighted by Crippen LogP contribution is 2.26. The van der Waals surface area contributed by atoms with Crippen molar-refractivity contribution in [1.29, 1.82) is 0 Å². The van der Waals surface area contributed by atoms with Gasteiger partial charge in [-0.1, -0.05) is 0 Å². The van der Waals surface area contributed by atoms with E-state index in [9.17, 15) is 13.2 Å². The summed E-state index contributed by atoms with van der Waals surface area (Å²) >= 11 is 3.37. The van der Waals surface area contributed by atoms with E-state index in [4.69, 9.17) is 4.74 Å². The number of rotatable bonds is 3. The summed E-state index contributed by atoms with van der Waals surface area (Å²) in [5.41, 5.74) is 0.534. The molecule has 0 N–H and O–H groups in total. The number of amides is 1.